The van der Waals surface area contributed by atoms with Crippen LogP contribution in [0.25, 0.3) is 0 Å². The SMILES string of the molecule is CC(C)Cc1nnc(NC(=O)CCC(=O)NCc2cccnc2)s1. The monoisotopic (exact) mass is 347 g/mol. The molecule has 0 saturated heterocycles. The second-order valence-corrected chi connectivity index (χ2v) is 6.85. The van der Waals surface area contributed by atoms with E-state index in [2.05, 4.69) is 39.7 Å². The average molecular weight is 347 g/mol. The predicted octanol–water partition coefficient (Wildman–Crippen LogP) is 2.17. The number of nitrogens with one attached hydrogen (secondary N) is 2. The molecule has 8 heteroatoms. The van der Waals surface area contributed by atoms with Gasteiger partial charge in [-0.1, -0.05) is 31.3 Å². The van der Waals surface area contributed by atoms with Crippen LogP contribution in [0.5, 0.6) is 0 Å². The van der Waals surface area contributed by atoms with E-state index in [1.165, 1.54) is 11.3 Å². The standard InChI is InChI=1S/C16H21N5O2S/c1-11(2)8-15-20-21-16(24-15)19-14(23)6-5-13(22)18-10-12-4-3-7-17-9-12/h3-4,7,9,11H,5-6,8,10H2,1-2H3,(H,18,22)(H,19,21,23). The molecule has 2 aromatic rings. The highest BCUT2D eigenvalue weighted by molar-refractivity contribution is 7.15. The fourth-order valence-electron chi connectivity index (χ4n) is 1.94. The van der Waals surface area contributed by atoms with Crippen molar-refractivity contribution in [2.45, 2.75) is 39.7 Å². The van der Waals surface area contributed by atoms with E-state index in [1.54, 1.807) is 12.4 Å². The number of amides is 2. The number of nitrogens with zero attached hydrogens (tertiary/aromatic N) is 3. The molecule has 24 heavy (non-hydrogen) atoms. The molecule has 0 spiro atoms. The summed E-state index contributed by atoms with van der Waals surface area (Å²) in [5, 5.41) is 14.8. The number of aromatic nitrogens is 3. The Labute approximate surface area is 144 Å². The number of carbonyl (C=O) groups is 2. The van der Waals surface area contributed by atoms with Gasteiger partial charge in [-0.15, -0.1) is 10.2 Å². The Morgan fingerprint density at radius 3 is 2.71 bits per heavy atom. The van der Waals surface area contributed by atoms with Crippen molar-refractivity contribution in [3.8, 4) is 0 Å². The molecule has 0 aromatic carbocycles. The van der Waals surface area contributed by atoms with Gasteiger partial charge in [0, 0.05) is 38.2 Å². The molecule has 128 valence electrons. The first-order valence-electron chi connectivity index (χ1n) is 7.80. The van der Waals surface area contributed by atoms with Crippen LogP contribution in [-0.4, -0.2) is 27.0 Å². The van der Waals surface area contributed by atoms with Gasteiger partial charge in [0.05, 0.1) is 0 Å². The van der Waals surface area contributed by atoms with Crippen LogP contribution in [0.1, 0.15) is 37.3 Å². The summed E-state index contributed by atoms with van der Waals surface area (Å²) in [4.78, 5) is 27.6. The topological polar surface area (TPSA) is 96.9 Å². The van der Waals surface area contributed by atoms with Gasteiger partial charge in [-0.25, -0.2) is 0 Å². The maximum absolute atomic E-state index is 11.9. The lowest BCUT2D eigenvalue weighted by molar-refractivity contribution is -0.124. The highest BCUT2D eigenvalue weighted by Gasteiger charge is 2.11. The molecule has 0 fully saturated rings. The zero-order valence-electron chi connectivity index (χ0n) is 13.8. The molecule has 0 bridgehead atoms. The zero-order chi connectivity index (χ0) is 17.4. The third kappa shape index (κ3) is 6.41. The highest BCUT2D eigenvalue weighted by Crippen LogP contribution is 2.18. The average Bonchev–Trinajstić information content (AvgIpc) is 2.98. The summed E-state index contributed by atoms with van der Waals surface area (Å²) in [7, 11) is 0. The number of rotatable bonds is 8. The van der Waals surface area contributed by atoms with E-state index in [0.717, 1.165) is 17.0 Å². The largest absolute Gasteiger partial charge is 0.352 e. The van der Waals surface area contributed by atoms with Crippen LogP contribution < -0.4 is 10.6 Å². The first-order chi connectivity index (χ1) is 11.5. The van der Waals surface area contributed by atoms with E-state index in [9.17, 15) is 9.59 Å². The number of anilines is 1. The van der Waals surface area contributed by atoms with Crippen molar-refractivity contribution in [2.75, 3.05) is 5.32 Å². The second kappa shape index (κ2) is 9.07. The Morgan fingerprint density at radius 1 is 1.21 bits per heavy atom. The molecule has 2 amide bonds. The van der Waals surface area contributed by atoms with Crippen molar-refractivity contribution in [2.24, 2.45) is 5.92 Å². The molecule has 2 rings (SSSR count). The van der Waals surface area contributed by atoms with Gasteiger partial charge in [0.1, 0.15) is 5.01 Å². The Balaban J connectivity index is 1.68. The molecule has 0 saturated carbocycles. The third-order valence-corrected chi connectivity index (χ3v) is 3.95. The van der Waals surface area contributed by atoms with Gasteiger partial charge < -0.3 is 10.6 Å². The van der Waals surface area contributed by atoms with Crippen LogP contribution in [0.4, 0.5) is 5.13 Å². The predicted molar refractivity (Wildman–Crippen MR) is 92.4 cm³/mol. The Kier molecular flexibility index (Phi) is 6.80. The first kappa shape index (κ1) is 18.0. The summed E-state index contributed by atoms with van der Waals surface area (Å²) >= 11 is 1.37. The molecular formula is C16H21N5O2S. The van der Waals surface area contributed by atoms with E-state index in [1.807, 2.05) is 12.1 Å². The molecule has 2 aromatic heterocycles. The smallest absolute Gasteiger partial charge is 0.226 e. The third-order valence-electron chi connectivity index (χ3n) is 3.09. The van der Waals surface area contributed by atoms with Crippen molar-refractivity contribution in [1.82, 2.24) is 20.5 Å². The molecule has 0 radical (unpaired) electrons. The number of hydrogen-bond donors (Lipinski definition) is 2. The van der Waals surface area contributed by atoms with Gasteiger partial charge >= 0.3 is 0 Å². The quantitative estimate of drug-likeness (QED) is 0.763. The molecule has 0 aliphatic heterocycles. The minimum Gasteiger partial charge on any atom is -0.352 e. The summed E-state index contributed by atoms with van der Waals surface area (Å²) in [5.74, 6) is 0.0792. The van der Waals surface area contributed by atoms with E-state index in [-0.39, 0.29) is 24.7 Å². The molecule has 0 unspecified atom stereocenters. The second-order valence-electron chi connectivity index (χ2n) is 5.79. The first-order valence-corrected chi connectivity index (χ1v) is 8.62. The molecule has 7 nitrogen and oxygen atoms in total. The summed E-state index contributed by atoms with van der Waals surface area (Å²) < 4.78 is 0. The molecule has 2 N–H and O–H groups in total. The van der Waals surface area contributed by atoms with Crippen LogP contribution >= 0.6 is 11.3 Å². The number of carbonyl (C=O) groups excluding carboxylic acids is 2. The zero-order valence-corrected chi connectivity index (χ0v) is 14.6. The van der Waals surface area contributed by atoms with Gasteiger partial charge in [-0.05, 0) is 17.5 Å². The van der Waals surface area contributed by atoms with Gasteiger partial charge in [0.25, 0.3) is 0 Å². The van der Waals surface area contributed by atoms with E-state index in [0.29, 0.717) is 17.6 Å². The minimum absolute atomic E-state index is 0.109. The number of pyridine rings is 1. The van der Waals surface area contributed by atoms with Crippen molar-refractivity contribution < 1.29 is 9.59 Å². The van der Waals surface area contributed by atoms with E-state index in [4.69, 9.17) is 0 Å². The maximum atomic E-state index is 11.9. The minimum atomic E-state index is -0.237. The fraction of sp³-hybridized carbons (Fsp3) is 0.438. The van der Waals surface area contributed by atoms with Gasteiger partial charge in [0.15, 0.2) is 0 Å². The van der Waals surface area contributed by atoms with Crippen molar-refractivity contribution >= 4 is 28.3 Å². The van der Waals surface area contributed by atoms with Gasteiger partial charge in [-0.3, -0.25) is 14.6 Å². The van der Waals surface area contributed by atoms with Crippen molar-refractivity contribution in [3.63, 3.8) is 0 Å². The molecule has 2 heterocycles. The number of hydrogen-bond acceptors (Lipinski definition) is 6. The Hall–Kier alpha value is -2.35. The van der Waals surface area contributed by atoms with Gasteiger partial charge in [0.2, 0.25) is 16.9 Å². The van der Waals surface area contributed by atoms with E-state index >= 15 is 0 Å². The Bertz CT molecular complexity index is 672. The summed E-state index contributed by atoms with van der Waals surface area (Å²) in [6.07, 6.45) is 4.44. The van der Waals surface area contributed by atoms with Crippen molar-refractivity contribution in [3.05, 3.63) is 35.1 Å². The van der Waals surface area contributed by atoms with Crippen LogP contribution in [0.15, 0.2) is 24.5 Å². The van der Waals surface area contributed by atoms with Crippen LogP contribution in [0.2, 0.25) is 0 Å². The molecular weight excluding hydrogens is 326 g/mol. The summed E-state index contributed by atoms with van der Waals surface area (Å²) in [5.41, 5.74) is 0.918. The lowest BCUT2D eigenvalue weighted by atomic mass is 10.1. The molecule has 0 atom stereocenters. The molecule has 0 aliphatic carbocycles. The lowest BCUT2D eigenvalue weighted by Crippen LogP contribution is -2.24. The molecule has 0 aliphatic rings. The van der Waals surface area contributed by atoms with Crippen LogP contribution in [0.3, 0.4) is 0 Å². The summed E-state index contributed by atoms with van der Waals surface area (Å²) in [6.45, 7) is 4.61. The fourth-order valence-corrected chi connectivity index (χ4v) is 2.90. The van der Waals surface area contributed by atoms with Crippen LogP contribution in [-0.2, 0) is 22.6 Å². The van der Waals surface area contributed by atoms with E-state index < -0.39 is 0 Å². The normalized spacial score (nSPS) is 10.6. The van der Waals surface area contributed by atoms with Crippen LogP contribution in [0, 0.1) is 5.92 Å². The summed E-state index contributed by atoms with van der Waals surface area (Å²) in [6, 6.07) is 3.69. The highest BCUT2D eigenvalue weighted by atomic mass is 32.1. The maximum Gasteiger partial charge on any atom is 0.226 e. The Morgan fingerprint density at radius 2 is 2.00 bits per heavy atom. The lowest BCUT2D eigenvalue weighted by Gasteiger charge is -2.05. The van der Waals surface area contributed by atoms with Crippen molar-refractivity contribution in [1.29, 1.82) is 0 Å². The van der Waals surface area contributed by atoms with Gasteiger partial charge in [-0.2, -0.15) is 0 Å².